The zero-order chi connectivity index (χ0) is 14.0. The van der Waals surface area contributed by atoms with Gasteiger partial charge in [0.15, 0.2) is 0 Å². The van der Waals surface area contributed by atoms with Crippen molar-refractivity contribution < 1.29 is 9.53 Å². The summed E-state index contributed by atoms with van der Waals surface area (Å²) in [5.41, 5.74) is -0.535. The number of esters is 1. The molecular formula is C12H17I2N3O2. The highest BCUT2D eigenvalue weighted by Gasteiger charge is 2.46. The van der Waals surface area contributed by atoms with Crippen LogP contribution in [0.25, 0.3) is 0 Å². The highest BCUT2D eigenvalue weighted by Crippen LogP contribution is 2.39. The summed E-state index contributed by atoms with van der Waals surface area (Å²) in [5.74, 6) is -0.151. The molecule has 106 valence electrons. The third-order valence-corrected chi connectivity index (χ3v) is 6.55. The van der Waals surface area contributed by atoms with E-state index in [9.17, 15) is 4.79 Å². The van der Waals surface area contributed by atoms with Gasteiger partial charge in [0.05, 0.1) is 13.4 Å². The smallest absolute Gasteiger partial charge is 0.326 e. The normalized spacial score (nSPS) is 26.6. The maximum Gasteiger partial charge on any atom is 0.326 e. The molecule has 0 radical (unpaired) electrons. The fraction of sp³-hybridized carbons (Fsp3) is 0.667. The van der Waals surface area contributed by atoms with Crippen molar-refractivity contribution in [1.82, 2.24) is 14.9 Å². The Bertz CT molecular complexity index is 478. The number of hydrogen-bond donors (Lipinski definition) is 1. The lowest BCUT2D eigenvalue weighted by atomic mass is 9.97. The number of halogens is 2. The Hall–Kier alpha value is 0.100. The highest BCUT2D eigenvalue weighted by atomic mass is 127. The lowest BCUT2D eigenvalue weighted by molar-refractivity contribution is -0.148. The van der Waals surface area contributed by atoms with Crippen LogP contribution < -0.4 is 5.32 Å². The van der Waals surface area contributed by atoms with Crippen molar-refractivity contribution in [2.75, 3.05) is 13.7 Å². The van der Waals surface area contributed by atoms with E-state index in [0.29, 0.717) is 6.04 Å². The number of carbonyl (C=O) groups excluding carboxylic acids is 1. The molecule has 0 spiro atoms. The van der Waals surface area contributed by atoms with E-state index in [0.717, 1.165) is 33.2 Å². The minimum Gasteiger partial charge on any atom is -0.468 e. The van der Waals surface area contributed by atoms with Crippen molar-refractivity contribution in [1.29, 1.82) is 0 Å². The topological polar surface area (TPSA) is 56.1 Å². The molecule has 7 heteroatoms. The molecule has 1 N–H and O–H groups in total. The number of rotatable bonds is 4. The van der Waals surface area contributed by atoms with Crippen LogP contribution in [-0.4, -0.2) is 34.7 Å². The van der Waals surface area contributed by atoms with Gasteiger partial charge in [0.1, 0.15) is 12.9 Å². The summed E-state index contributed by atoms with van der Waals surface area (Å²) in [4.78, 5) is 16.4. The largest absolute Gasteiger partial charge is 0.468 e. The number of methoxy groups -OCH3 is 1. The maximum atomic E-state index is 12.1. The lowest BCUT2D eigenvalue weighted by Gasteiger charge is -2.27. The first-order valence-electron chi connectivity index (χ1n) is 6.25. The van der Waals surface area contributed by atoms with Crippen LogP contribution in [0.5, 0.6) is 0 Å². The number of carbonyl (C=O) groups is 1. The molecule has 19 heavy (non-hydrogen) atoms. The molecule has 1 fully saturated rings. The van der Waals surface area contributed by atoms with Gasteiger partial charge in [0.25, 0.3) is 0 Å². The van der Waals surface area contributed by atoms with E-state index in [1.54, 1.807) is 0 Å². The monoisotopic (exact) mass is 489 g/mol. The van der Waals surface area contributed by atoms with E-state index < -0.39 is 5.54 Å². The Labute approximate surface area is 140 Å². The second-order valence-corrected chi connectivity index (χ2v) is 6.78. The number of nitrogens with zero attached hydrogens (tertiary/aromatic N) is 2. The van der Waals surface area contributed by atoms with Gasteiger partial charge in [-0.1, -0.05) is 6.92 Å². The summed E-state index contributed by atoms with van der Waals surface area (Å²) in [6.45, 7) is 2.78. The van der Waals surface area contributed by atoms with Crippen molar-refractivity contribution in [3.63, 3.8) is 0 Å². The van der Waals surface area contributed by atoms with E-state index in [1.165, 1.54) is 7.11 Å². The van der Waals surface area contributed by atoms with Gasteiger partial charge in [0.2, 0.25) is 0 Å². The lowest BCUT2D eigenvalue weighted by Crippen LogP contribution is -2.50. The molecule has 1 aliphatic rings. The van der Waals surface area contributed by atoms with E-state index in [1.807, 2.05) is 13.3 Å². The molecule has 1 aromatic rings. The molecule has 1 heterocycles. The van der Waals surface area contributed by atoms with Crippen molar-refractivity contribution >= 4 is 51.2 Å². The highest BCUT2D eigenvalue weighted by molar-refractivity contribution is 14.1. The quantitative estimate of drug-likeness (QED) is 0.522. The molecule has 0 bridgehead atoms. The minimum absolute atomic E-state index is 0.151. The number of nitrogens with one attached hydrogen (secondary N) is 1. The Balaban J connectivity index is 2.21. The predicted molar refractivity (Wildman–Crippen MR) is 89.0 cm³/mol. The SMILES string of the molecule is CCNC1(C(=O)OC)CCC(n2cnc(I)c2I)C1. The van der Waals surface area contributed by atoms with Gasteiger partial charge >= 0.3 is 5.97 Å². The van der Waals surface area contributed by atoms with E-state index in [4.69, 9.17) is 4.74 Å². The molecule has 0 saturated heterocycles. The first kappa shape index (κ1) is 15.5. The van der Waals surface area contributed by atoms with Crippen LogP contribution in [0.4, 0.5) is 0 Å². The molecule has 2 atom stereocenters. The van der Waals surface area contributed by atoms with Gasteiger partial charge in [-0.2, -0.15) is 0 Å². The molecule has 1 aliphatic carbocycles. The van der Waals surface area contributed by atoms with Crippen molar-refractivity contribution in [3.8, 4) is 0 Å². The number of imidazole rings is 1. The molecular weight excluding hydrogens is 472 g/mol. The Morgan fingerprint density at radius 1 is 1.68 bits per heavy atom. The fourth-order valence-electron chi connectivity index (χ4n) is 2.79. The Morgan fingerprint density at radius 2 is 2.42 bits per heavy atom. The van der Waals surface area contributed by atoms with Crippen molar-refractivity contribution in [3.05, 3.63) is 13.7 Å². The van der Waals surface area contributed by atoms with Gasteiger partial charge in [-0.05, 0) is 71.0 Å². The van der Waals surface area contributed by atoms with Gasteiger partial charge in [0, 0.05) is 6.04 Å². The Kier molecular flexibility index (Phi) is 5.09. The van der Waals surface area contributed by atoms with Crippen LogP contribution in [0.2, 0.25) is 0 Å². The summed E-state index contributed by atoms with van der Waals surface area (Å²) >= 11 is 4.54. The van der Waals surface area contributed by atoms with Crippen molar-refractivity contribution in [2.24, 2.45) is 0 Å². The van der Waals surface area contributed by atoms with E-state index >= 15 is 0 Å². The van der Waals surface area contributed by atoms with Crippen molar-refractivity contribution in [2.45, 2.75) is 37.8 Å². The molecule has 0 amide bonds. The zero-order valence-electron chi connectivity index (χ0n) is 10.9. The molecule has 0 aliphatic heterocycles. The first-order chi connectivity index (χ1) is 9.04. The van der Waals surface area contributed by atoms with Gasteiger partial charge < -0.3 is 14.6 Å². The Morgan fingerprint density at radius 3 is 2.95 bits per heavy atom. The molecule has 1 saturated carbocycles. The average Bonchev–Trinajstić information content (AvgIpc) is 2.96. The molecule has 5 nitrogen and oxygen atoms in total. The van der Waals surface area contributed by atoms with Crippen LogP contribution in [-0.2, 0) is 9.53 Å². The second kappa shape index (κ2) is 6.25. The second-order valence-electron chi connectivity index (χ2n) is 4.73. The standard InChI is InChI=1S/C12H17I2N3O2/c1-3-16-12(11(18)19-2)5-4-8(6-12)17-7-15-9(13)10(17)14/h7-8,16H,3-6H2,1-2H3. The average molecular weight is 489 g/mol. The van der Waals surface area contributed by atoms with Gasteiger partial charge in [-0.25, -0.2) is 4.98 Å². The number of aromatic nitrogens is 2. The number of ether oxygens (including phenoxy) is 1. The van der Waals surface area contributed by atoms with Crippen LogP contribution in [0.15, 0.2) is 6.33 Å². The molecule has 2 rings (SSSR count). The number of likely N-dealkylation sites (N-methyl/N-ethyl adjacent to an activating group) is 1. The van der Waals surface area contributed by atoms with Gasteiger partial charge in [-0.3, -0.25) is 4.79 Å². The minimum atomic E-state index is -0.535. The summed E-state index contributed by atoms with van der Waals surface area (Å²) in [5, 5.41) is 3.32. The molecule has 2 unspecified atom stereocenters. The maximum absolute atomic E-state index is 12.1. The molecule has 0 aromatic carbocycles. The van der Waals surface area contributed by atoms with Crippen LogP contribution in [0.3, 0.4) is 0 Å². The molecule has 1 aromatic heterocycles. The summed E-state index contributed by atoms with van der Waals surface area (Å²) in [6, 6.07) is 0.307. The van der Waals surface area contributed by atoms with Crippen LogP contribution in [0.1, 0.15) is 32.2 Å². The summed E-state index contributed by atoms with van der Waals surface area (Å²) < 4.78 is 9.30. The van der Waals surface area contributed by atoms with Crippen LogP contribution >= 0.6 is 45.2 Å². The predicted octanol–water partition coefficient (Wildman–Crippen LogP) is 2.34. The third kappa shape index (κ3) is 2.92. The fourth-order valence-corrected chi connectivity index (χ4v) is 3.85. The van der Waals surface area contributed by atoms with E-state index in [-0.39, 0.29) is 5.97 Å². The third-order valence-electron chi connectivity index (χ3n) is 3.67. The van der Waals surface area contributed by atoms with Gasteiger partial charge in [-0.15, -0.1) is 0 Å². The summed E-state index contributed by atoms with van der Waals surface area (Å²) in [7, 11) is 1.46. The first-order valence-corrected chi connectivity index (χ1v) is 8.41. The zero-order valence-corrected chi connectivity index (χ0v) is 15.3. The number of hydrogen-bond acceptors (Lipinski definition) is 4. The van der Waals surface area contributed by atoms with Crippen LogP contribution in [0, 0.1) is 7.40 Å². The van der Waals surface area contributed by atoms with E-state index in [2.05, 4.69) is 60.0 Å². The summed E-state index contributed by atoms with van der Waals surface area (Å²) in [6.07, 6.45) is 4.40.